The summed E-state index contributed by atoms with van der Waals surface area (Å²) in [7, 11) is 0. The summed E-state index contributed by atoms with van der Waals surface area (Å²) >= 11 is 0. The van der Waals surface area contributed by atoms with E-state index in [1.54, 1.807) is 0 Å². The molecule has 1 aromatic rings. The highest BCUT2D eigenvalue weighted by Gasteiger charge is 2.72. The predicted molar refractivity (Wildman–Crippen MR) is 70.1 cm³/mol. The van der Waals surface area contributed by atoms with Gasteiger partial charge >= 0.3 is 23.9 Å². The molecular weight excluding hydrogens is 296 g/mol. The molecule has 0 saturated heterocycles. The van der Waals surface area contributed by atoms with Gasteiger partial charge in [0.2, 0.25) is 10.8 Å². The largest absolute Gasteiger partial charge is 0.480 e. The molecule has 1 aromatic carbocycles. The first-order valence-electron chi connectivity index (χ1n) is 5.95. The van der Waals surface area contributed by atoms with E-state index in [1.807, 2.05) is 0 Å². The number of benzene rings is 1. The van der Waals surface area contributed by atoms with Crippen molar-refractivity contribution in [1.82, 2.24) is 0 Å². The number of carboxylic acids is 4. The van der Waals surface area contributed by atoms with Gasteiger partial charge in [0.15, 0.2) is 0 Å². The van der Waals surface area contributed by atoms with Gasteiger partial charge in [0.05, 0.1) is 0 Å². The van der Waals surface area contributed by atoms with E-state index in [9.17, 15) is 39.6 Å². The third-order valence-corrected chi connectivity index (χ3v) is 3.79. The van der Waals surface area contributed by atoms with Crippen molar-refractivity contribution in [3.05, 3.63) is 41.5 Å². The highest BCUT2D eigenvalue weighted by atomic mass is 16.4. The summed E-state index contributed by atoms with van der Waals surface area (Å²) in [5.41, 5.74) is -6.62. The van der Waals surface area contributed by atoms with E-state index >= 15 is 0 Å². The molecule has 0 saturated carbocycles. The molecule has 0 aromatic heterocycles. The minimum absolute atomic E-state index is 0.130. The van der Waals surface area contributed by atoms with Gasteiger partial charge in [-0.15, -0.1) is 0 Å². The second-order valence-electron chi connectivity index (χ2n) is 4.70. The average molecular weight is 306 g/mol. The maximum atomic E-state index is 11.8. The van der Waals surface area contributed by atoms with Gasteiger partial charge in [0, 0.05) is 0 Å². The normalized spacial score (nSPS) is 17.3. The van der Waals surface area contributed by atoms with Gasteiger partial charge < -0.3 is 20.4 Å². The van der Waals surface area contributed by atoms with Crippen LogP contribution in [0, 0.1) is 5.41 Å². The lowest BCUT2D eigenvalue weighted by Crippen LogP contribution is -2.64. The molecule has 0 amide bonds. The van der Waals surface area contributed by atoms with Crippen molar-refractivity contribution in [2.75, 3.05) is 0 Å². The zero-order valence-corrected chi connectivity index (χ0v) is 10.9. The fourth-order valence-electron chi connectivity index (χ4n) is 2.75. The molecule has 4 N–H and O–H groups in total. The second-order valence-corrected chi connectivity index (χ2v) is 4.70. The Morgan fingerprint density at radius 3 is 1.73 bits per heavy atom. The summed E-state index contributed by atoms with van der Waals surface area (Å²) in [4.78, 5) is 46.7. The van der Waals surface area contributed by atoms with E-state index in [0.29, 0.717) is 6.08 Å². The molecule has 2 rings (SSSR count). The monoisotopic (exact) mass is 306 g/mol. The van der Waals surface area contributed by atoms with Crippen molar-refractivity contribution in [1.29, 1.82) is 0 Å². The Labute approximate surface area is 122 Å². The Kier molecular flexibility index (Phi) is 3.25. The van der Waals surface area contributed by atoms with Gasteiger partial charge in [-0.05, 0) is 11.1 Å². The molecule has 0 heterocycles. The minimum Gasteiger partial charge on any atom is -0.480 e. The van der Waals surface area contributed by atoms with Crippen LogP contribution in [0.5, 0.6) is 0 Å². The Morgan fingerprint density at radius 2 is 1.27 bits per heavy atom. The molecule has 1 aliphatic carbocycles. The van der Waals surface area contributed by atoms with Crippen molar-refractivity contribution in [3.8, 4) is 0 Å². The third-order valence-electron chi connectivity index (χ3n) is 3.79. The van der Waals surface area contributed by atoms with Gasteiger partial charge in [0.1, 0.15) is 0 Å². The Hall–Kier alpha value is -3.16. The first-order valence-corrected chi connectivity index (χ1v) is 5.95. The quantitative estimate of drug-likeness (QED) is 0.579. The van der Waals surface area contributed by atoms with E-state index in [1.165, 1.54) is 18.2 Å². The summed E-state index contributed by atoms with van der Waals surface area (Å²) in [6.45, 7) is 0. The lowest BCUT2D eigenvalue weighted by Gasteiger charge is -2.40. The highest BCUT2D eigenvalue weighted by Crippen LogP contribution is 2.49. The van der Waals surface area contributed by atoms with Gasteiger partial charge in [-0.1, -0.05) is 36.4 Å². The third kappa shape index (κ3) is 1.51. The van der Waals surface area contributed by atoms with Gasteiger partial charge in [-0.25, -0.2) is 0 Å². The average Bonchev–Trinajstić information content (AvgIpc) is 2.44. The van der Waals surface area contributed by atoms with Gasteiger partial charge in [0.25, 0.3) is 0 Å². The minimum atomic E-state index is -3.18. The fourth-order valence-corrected chi connectivity index (χ4v) is 2.75. The Balaban J connectivity index is 3.05. The Morgan fingerprint density at radius 1 is 0.773 bits per heavy atom. The summed E-state index contributed by atoms with van der Waals surface area (Å²) < 4.78 is 0. The van der Waals surface area contributed by atoms with Crippen LogP contribution in [0.1, 0.15) is 11.1 Å². The van der Waals surface area contributed by atoms with E-state index in [0.717, 1.165) is 12.1 Å². The van der Waals surface area contributed by atoms with Gasteiger partial charge in [-0.2, -0.15) is 0 Å². The number of rotatable bonds is 4. The zero-order chi connectivity index (χ0) is 16.7. The number of aliphatic carboxylic acids is 4. The molecule has 22 heavy (non-hydrogen) atoms. The molecule has 0 atom stereocenters. The summed E-state index contributed by atoms with van der Waals surface area (Å²) in [5.74, 6) is -8.28. The van der Waals surface area contributed by atoms with E-state index < -0.39 is 40.3 Å². The van der Waals surface area contributed by atoms with Crippen LogP contribution in [0.2, 0.25) is 0 Å². The lowest BCUT2D eigenvalue weighted by atomic mass is 9.56. The van der Waals surface area contributed by atoms with E-state index in [2.05, 4.69) is 0 Å². The summed E-state index contributed by atoms with van der Waals surface area (Å²) in [6, 6.07) is 5.28. The second kappa shape index (κ2) is 4.69. The number of fused-ring (bicyclic) bond motifs is 1. The van der Waals surface area contributed by atoms with Crippen LogP contribution in [-0.2, 0) is 24.6 Å². The van der Waals surface area contributed by atoms with Crippen LogP contribution in [0.25, 0.3) is 6.08 Å². The number of hydrogen-bond donors (Lipinski definition) is 4. The first kappa shape index (κ1) is 15.2. The molecule has 114 valence electrons. The van der Waals surface area contributed by atoms with Crippen LogP contribution >= 0.6 is 0 Å². The summed E-state index contributed by atoms with van der Waals surface area (Å²) in [5, 5.41) is 37.7. The molecule has 0 fully saturated rings. The van der Waals surface area contributed by atoms with Crippen molar-refractivity contribution in [2.45, 2.75) is 5.41 Å². The standard InChI is InChI=1S/C14H10O8/c15-9(16)13(10(17)18)6-5-7-3-1-2-4-8(7)14(13,11(19)20)12(21)22/h1-6H,(H,15,16)(H,17,18)(H,19,20)(H,21,22). The molecule has 0 spiro atoms. The lowest BCUT2D eigenvalue weighted by molar-refractivity contribution is -0.182. The smallest absolute Gasteiger partial charge is 0.327 e. The zero-order valence-electron chi connectivity index (χ0n) is 10.9. The van der Waals surface area contributed by atoms with E-state index in [4.69, 9.17) is 0 Å². The molecule has 0 aliphatic heterocycles. The molecule has 0 radical (unpaired) electrons. The van der Waals surface area contributed by atoms with Crippen LogP contribution in [0.4, 0.5) is 0 Å². The maximum absolute atomic E-state index is 11.8. The molecule has 8 nitrogen and oxygen atoms in total. The first-order chi connectivity index (χ1) is 10.2. The molecule has 1 aliphatic rings. The predicted octanol–water partition coefficient (Wildman–Crippen LogP) is 0.276. The maximum Gasteiger partial charge on any atom is 0.327 e. The molecule has 0 bridgehead atoms. The Bertz CT molecular complexity index is 702. The van der Waals surface area contributed by atoms with Crippen LogP contribution < -0.4 is 0 Å². The van der Waals surface area contributed by atoms with Crippen molar-refractivity contribution < 1.29 is 39.6 Å². The number of carbonyl (C=O) groups is 4. The highest BCUT2D eigenvalue weighted by molar-refractivity contribution is 6.20. The van der Waals surface area contributed by atoms with E-state index in [-0.39, 0.29) is 5.56 Å². The summed E-state index contributed by atoms with van der Waals surface area (Å²) in [6.07, 6.45) is 1.70. The number of carboxylic acid groups (broad SMARTS) is 4. The SMILES string of the molecule is O=C(O)C1(C(=O)O)C=Cc2ccccc2C1(C(=O)O)C(=O)O. The van der Waals surface area contributed by atoms with Crippen molar-refractivity contribution in [3.63, 3.8) is 0 Å². The topological polar surface area (TPSA) is 149 Å². The fraction of sp³-hybridized carbons (Fsp3) is 0.143. The van der Waals surface area contributed by atoms with Crippen LogP contribution in [0.15, 0.2) is 30.3 Å². The number of hydrogen-bond acceptors (Lipinski definition) is 4. The van der Waals surface area contributed by atoms with Gasteiger partial charge in [-0.3, -0.25) is 19.2 Å². The molecular formula is C14H10O8. The van der Waals surface area contributed by atoms with Crippen molar-refractivity contribution >= 4 is 30.0 Å². The van der Waals surface area contributed by atoms with Crippen molar-refractivity contribution in [2.24, 2.45) is 5.41 Å². The van der Waals surface area contributed by atoms with Crippen LogP contribution in [-0.4, -0.2) is 44.3 Å². The van der Waals surface area contributed by atoms with Crippen LogP contribution in [0.3, 0.4) is 0 Å². The molecule has 8 heteroatoms. The molecule has 0 unspecified atom stereocenters.